The van der Waals surface area contributed by atoms with E-state index in [2.05, 4.69) is 12.2 Å². The first-order chi connectivity index (χ1) is 5.33. The molecule has 0 radical (unpaired) electrons. The first-order valence-corrected chi connectivity index (χ1v) is 4.20. The summed E-state index contributed by atoms with van der Waals surface area (Å²) >= 11 is 0. The molecule has 0 bridgehead atoms. The highest BCUT2D eigenvalue weighted by Crippen LogP contribution is 2.03. The molecule has 0 aromatic carbocycles. The summed E-state index contributed by atoms with van der Waals surface area (Å²) in [6, 6.07) is 0.260. The number of carbonyl (C=O) groups is 1. The fourth-order valence-corrected chi connectivity index (χ4v) is 1.21. The maximum Gasteiger partial charge on any atom is 0.246 e. The Balaban J connectivity index is 2.17. The van der Waals surface area contributed by atoms with Gasteiger partial charge in [0.25, 0.3) is 0 Å². The summed E-state index contributed by atoms with van der Waals surface area (Å²) in [6.07, 6.45) is 3.38. The lowest BCUT2D eigenvalue weighted by Crippen LogP contribution is -2.45. The third-order valence-corrected chi connectivity index (χ3v) is 1.82. The first kappa shape index (κ1) is 8.53. The van der Waals surface area contributed by atoms with Crippen molar-refractivity contribution in [3.63, 3.8) is 0 Å². The van der Waals surface area contributed by atoms with Crippen LogP contribution in [0, 0.1) is 0 Å². The summed E-state index contributed by atoms with van der Waals surface area (Å²) in [5.41, 5.74) is 0. The lowest BCUT2D eigenvalue weighted by Gasteiger charge is -2.22. The average molecular weight is 157 g/mol. The van der Waals surface area contributed by atoms with E-state index < -0.39 is 0 Å². The van der Waals surface area contributed by atoms with Gasteiger partial charge in [-0.2, -0.15) is 0 Å². The van der Waals surface area contributed by atoms with E-state index in [9.17, 15) is 4.79 Å². The Labute approximate surface area is 67.1 Å². The molecule has 1 aliphatic heterocycles. The molecular formula is C8H15NO2. The summed E-state index contributed by atoms with van der Waals surface area (Å²) < 4.78 is 5.08. The van der Waals surface area contributed by atoms with E-state index in [0.29, 0.717) is 6.61 Å². The van der Waals surface area contributed by atoms with Crippen molar-refractivity contribution in [3.05, 3.63) is 0 Å². The number of hydrogen-bond acceptors (Lipinski definition) is 2. The summed E-state index contributed by atoms with van der Waals surface area (Å²) in [5, 5.41) is 2.89. The van der Waals surface area contributed by atoms with Gasteiger partial charge in [-0.25, -0.2) is 0 Å². The van der Waals surface area contributed by atoms with Crippen molar-refractivity contribution in [1.29, 1.82) is 0 Å². The van der Waals surface area contributed by atoms with Crippen LogP contribution in [0.3, 0.4) is 0 Å². The minimum absolute atomic E-state index is 0.0253. The molecule has 1 rings (SSSR count). The van der Waals surface area contributed by atoms with Gasteiger partial charge in [-0.1, -0.05) is 19.8 Å². The van der Waals surface area contributed by atoms with Gasteiger partial charge < -0.3 is 10.1 Å². The number of hydrogen-bond donors (Lipinski definition) is 1. The average Bonchev–Trinajstić information content (AvgIpc) is 2.01. The molecule has 0 aliphatic carbocycles. The molecule has 1 amide bonds. The summed E-state index contributed by atoms with van der Waals surface area (Å²) in [4.78, 5) is 10.8. The van der Waals surface area contributed by atoms with Crippen molar-refractivity contribution >= 4 is 5.91 Å². The van der Waals surface area contributed by atoms with E-state index in [1.54, 1.807) is 0 Å². The molecule has 1 atom stereocenters. The van der Waals surface area contributed by atoms with Crippen LogP contribution in [0.15, 0.2) is 0 Å². The summed E-state index contributed by atoms with van der Waals surface area (Å²) in [5.74, 6) is 0.0253. The van der Waals surface area contributed by atoms with E-state index in [4.69, 9.17) is 4.74 Å². The molecular weight excluding hydrogens is 142 g/mol. The van der Waals surface area contributed by atoms with Gasteiger partial charge in [0.05, 0.1) is 12.6 Å². The SMILES string of the molecule is CCCCC1COCC(=O)N1. The standard InChI is InChI=1S/C8H15NO2/c1-2-3-4-7-5-11-6-8(10)9-7/h7H,2-6H2,1H3,(H,9,10). The van der Waals surface area contributed by atoms with Crippen LogP contribution >= 0.6 is 0 Å². The normalized spacial score (nSPS) is 24.8. The summed E-state index contributed by atoms with van der Waals surface area (Å²) in [6.45, 7) is 3.07. The minimum Gasteiger partial charge on any atom is -0.370 e. The van der Waals surface area contributed by atoms with E-state index in [1.165, 1.54) is 6.42 Å². The highest BCUT2D eigenvalue weighted by molar-refractivity contribution is 5.78. The van der Waals surface area contributed by atoms with E-state index >= 15 is 0 Å². The van der Waals surface area contributed by atoms with Gasteiger partial charge in [0, 0.05) is 0 Å². The third kappa shape index (κ3) is 2.89. The molecule has 0 aromatic rings. The largest absolute Gasteiger partial charge is 0.370 e. The zero-order valence-electron chi connectivity index (χ0n) is 6.93. The van der Waals surface area contributed by atoms with Gasteiger partial charge in [-0.15, -0.1) is 0 Å². The Kier molecular flexibility index (Phi) is 3.36. The smallest absolute Gasteiger partial charge is 0.246 e. The Bertz CT molecular complexity index is 136. The second kappa shape index (κ2) is 4.34. The molecule has 1 fully saturated rings. The Morgan fingerprint density at radius 1 is 1.73 bits per heavy atom. The Hall–Kier alpha value is -0.570. The predicted octanol–water partition coefficient (Wildman–Crippen LogP) is 0.692. The molecule has 0 saturated carbocycles. The van der Waals surface area contributed by atoms with Crippen molar-refractivity contribution in [2.75, 3.05) is 13.2 Å². The van der Waals surface area contributed by atoms with Crippen LogP contribution < -0.4 is 5.32 Å². The molecule has 0 aromatic heterocycles. The van der Waals surface area contributed by atoms with Crippen LogP contribution in [0.2, 0.25) is 0 Å². The second-order valence-electron chi connectivity index (χ2n) is 2.92. The fourth-order valence-electron chi connectivity index (χ4n) is 1.21. The lowest BCUT2D eigenvalue weighted by molar-refractivity contribution is -0.131. The van der Waals surface area contributed by atoms with Crippen molar-refractivity contribution in [1.82, 2.24) is 5.32 Å². The Morgan fingerprint density at radius 3 is 3.18 bits per heavy atom. The van der Waals surface area contributed by atoms with Gasteiger partial charge in [0.1, 0.15) is 6.61 Å². The zero-order chi connectivity index (χ0) is 8.10. The van der Waals surface area contributed by atoms with Crippen LogP contribution in [0.25, 0.3) is 0 Å². The molecule has 0 spiro atoms. The number of carbonyl (C=O) groups excluding carboxylic acids is 1. The second-order valence-corrected chi connectivity index (χ2v) is 2.92. The van der Waals surface area contributed by atoms with Gasteiger partial charge >= 0.3 is 0 Å². The molecule has 3 heteroatoms. The van der Waals surface area contributed by atoms with Gasteiger partial charge in [0.2, 0.25) is 5.91 Å². The van der Waals surface area contributed by atoms with E-state index in [1.807, 2.05) is 0 Å². The van der Waals surface area contributed by atoms with Gasteiger partial charge in [-0.3, -0.25) is 4.79 Å². The highest BCUT2D eigenvalue weighted by Gasteiger charge is 2.17. The van der Waals surface area contributed by atoms with Crippen LogP contribution in [-0.4, -0.2) is 25.2 Å². The van der Waals surface area contributed by atoms with E-state index in [-0.39, 0.29) is 18.6 Å². The predicted molar refractivity (Wildman–Crippen MR) is 42.3 cm³/mol. The van der Waals surface area contributed by atoms with Crippen molar-refractivity contribution < 1.29 is 9.53 Å². The minimum atomic E-state index is 0.0253. The molecule has 1 heterocycles. The first-order valence-electron chi connectivity index (χ1n) is 4.20. The number of rotatable bonds is 3. The molecule has 1 N–H and O–H groups in total. The quantitative estimate of drug-likeness (QED) is 0.654. The van der Waals surface area contributed by atoms with Crippen molar-refractivity contribution in [3.8, 4) is 0 Å². The topological polar surface area (TPSA) is 38.3 Å². The summed E-state index contributed by atoms with van der Waals surface area (Å²) in [7, 11) is 0. The molecule has 1 saturated heterocycles. The molecule has 1 aliphatic rings. The van der Waals surface area contributed by atoms with Gasteiger partial charge in [0.15, 0.2) is 0 Å². The lowest BCUT2D eigenvalue weighted by atomic mass is 10.1. The number of unbranched alkanes of at least 4 members (excludes halogenated alkanes) is 1. The molecule has 1 unspecified atom stereocenters. The number of amides is 1. The fraction of sp³-hybridized carbons (Fsp3) is 0.875. The number of ether oxygens (including phenoxy) is 1. The third-order valence-electron chi connectivity index (χ3n) is 1.82. The highest BCUT2D eigenvalue weighted by atomic mass is 16.5. The van der Waals surface area contributed by atoms with Crippen LogP contribution in [0.4, 0.5) is 0 Å². The number of morpholine rings is 1. The number of nitrogens with one attached hydrogen (secondary N) is 1. The molecule has 11 heavy (non-hydrogen) atoms. The molecule has 64 valence electrons. The monoisotopic (exact) mass is 157 g/mol. The van der Waals surface area contributed by atoms with E-state index in [0.717, 1.165) is 12.8 Å². The van der Waals surface area contributed by atoms with Gasteiger partial charge in [-0.05, 0) is 6.42 Å². The maximum atomic E-state index is 10.8. The van der Waals surface area contributed by atoms with Crippen molar-refractivity contribution in [2.45, 2.75) is 32.2 Å². The van der Waals surface area contributed by atoms with Crippen LogP contribution in [0.5, 0.6) is 0 Å². The van der Waals surface area contributed by atoms with Crippen LogP contribution in [-0.2, 0) is 9.53 Å². The zero-order valence-corrected chi connectivity index (χ0v) is 6.93. The Morgan fingerprint density at radius 2 is 2.55 bits per heavy atom. The molecule has 3 nitrogen and oxygen atoms in total. The van der Waals surface area contributed by atoms with Crippen molar-refractivity contribution in [2.24, 2.45) is 0 Å². The maximum absolute atomic E-state index is 10.8. The van der Waals surface area contributed by atoms with Crippen LogP contribution in [0.1, 0.15) is 26.2 Å².